The van der Waals surface area contributed by atoms with E-state index in [4.69, 9.17) is 13.9 Å². The molecular weight excluding hydrogens is 452 g/mol. The monoisotopic (exact) mass is 490 g/mol. The lowest BCUT2D eigenvalue weighted by molar-refractivity contribution is -0.206. The highest BCUT2D eigenvalue weighted by Crippen LogP contribution is 2.50. The summed E-state index contributed by atoms with van der Waals surface area (Å²) in [6.07, 6.45) is 2.91. The summed E-state index contributed by atoms with van der Waals surface area (Å²) in [5.74, 6) is 4.98. The van der Waals surface area contributed by atoms with Gasteiger partial charge in [0.1, 0.15) is 5.76 Å². The minimum Gasteiger partial charge on any atom is -0.461 e. The maximum absolute atomic E-state index is 13.8. The Bertz CT molecular complexity index is 1130. The molecule has 1 atom stereocenters. The summed E-state index contributed by atoms with van der Waals surface area (Å²) in [4.78, 5) is 13.8. The number of unbranched alkanes of at least 4 members (excludes halogenated alkanes) is 2. The van der Waals surface area contributed by atoms with Gasteiger partial charge in [0, 0.05) is 23.1 Å². The quantitative estimate of drug-likeness (QED) is 0.174. The van der Waals surface area contributed by atoms with Crippen molar-refractivity contribution in [2.45, 2.75) is 77.8 Å². The maximum atomic E-state index is 13.8. The van der Waals surface area contributed by atoms with E-state index < -0.39 is 20.1 Å². The van der Waals surface area contributed by atoms with Crippen LogP contribution in [-0.4, -0.2) is 20.9 Å². The van der Waals surface area contributed by atoms with E-state index in [0.717, 1.165) is 36.0 Å². The van der Waals surface area contributed by atoms with E-state index in [1.54, 1.807) is 6.92 Å². The molecule has 0 amide bonds. The number of ether oxygens (including phenoxy) is 2. The highest BCUT2D eigenvalue weighted by Gasteiger charge is 2.56. The Morgan fingerprint density at radius 3 is 2.31 bits per heavy atom. The van der Waals surface area contributed by atoms with Gasteiger partial charge in [-0.2, -0.15) is 0 Å². The number of benzene rings is 2. The van der Waals surface area contributed by atoms with E-state index in [-0.39, 0.29) is 11.6 Å². The van der Waals surface area contributed by atoms with Crippen molar-refractivity contribution in [1.29, 1.82) is 0 Å². The number of allylic oxidation sites excluding steroid dienone is 1. The predicted octanol–water partition coefficient (Wildman–Crippen LogP) is 7.52. The van der Waals surface area contributed by atoms with Crippen LogP contribution in [0.1, 0.15) is 70.6 Å². The van der Waals surface area contributed by atoms with Crippen LogP contribution in [0.3, 0.4) is 0 Å². The van der Waals surface area contributed by atoms with E-state index in [0.29, 0.717) is 11.3 Å². The fraction of sp³-hybridized carbons (Fsp3) is 0.433. The van der Waals surface area contributed by atoms with Crippen molar-refractivity contribution in [1.82, 2.24) is 0 Å². The molecule has 0 fully saturated rings. The summed E-state index contributed by atoms with van der Waals surface area (Å²) >= 11 is 0. The topological polar surface area (TPSA) is 44.8 Å². The molecule has 186 valence electrons. The molecule has 0 radical (unpaired) electrons. The fourth-order valence-electron chi connectivity index (χ4n) is 3.70. The molecule has 1 heterocycles. The fourth-order valence-corrected chi connectivity index (χ4v) is 4.96. The number of carbonyl (C=O) groups is 1. The summed E-state index contributed by atoms with van der Waals surface area (Å²) < 4.78 is 19.2. The van der Waals surface area contributed by atoms with Crippen LogP contribution >= 0.6 is 0 Å². The van der Waals surface area contributed by atoms with E-state index in [9.17, 15) is 4.79 Å². The van der Waals surface area contributed by atoms with Gasteiger partial charge in [0.15, 0.2) is 8.32 Å². The van der Waals surface area contributed by atoms with Gasteiger partial charge in [-0.05, 0) is 31.5 Å². The number of esters is 1. The average Bonchev–Trinajstić information content (AvgIpc) is 2.82. The molecule has 1 unspecified atom stereocenters. The lowest BCUT2D eigenvalue weighted by Gasteiger charge is -2.46. The molecule has 0 spiro atoms. The van der Waals surface area contributed by atoms with E-state index in [1.807, 2.05) is 54.6 Å². The standard InChI is InChI=1S/C30H38O4Si/c1-8-10-11-15-21-25-24-20-16-17-22-26(24)30(28(31)32-9-2,34-35(6,7)29(3,4)5)33-27(25)23-18-13-12-14-19-23/h12-14,16-20,22H,8-11H2,1-7H3. The van der Waals surface area contributed by atoms with Crippen molar-refractivity contribution in [2.24, 2.45) is 0 Å². The van der Waals surface area contributed by atoms with Gasteiger partial charge in [-0.25, -0.2) is 4.79 Å². The van der Waals surface area contributed by atoms with Crippen molar-refractivity contribution in [3.63, 3.8) is 0 Å². The highest BCUT2D eigenvalue weighted by molar-refractivity contribution is 6.74. The van der Waals surface area contributed by atoms with Gasteiger partial charge in [-0.15, -0.1) is 0 Å². The number of hydrogen-bond acceptors (Lipinski definition) is 4. The van der Waals surface area contributed by atoms with Crippen LogP contribution < -0.4 is 0 Å². The molecule has 5 heteroatoms. The number of carbonyl (C=O) groups excluding carboxylic acids is 1. The second-order valence-electron chi connectivity index (χ2n) is 10.3. The van der Waals surface area contributed by atoms with Crippen LogP contribution in [0.5, 0.6) is 0 Å². The molecule has 0 saturated carbocycles. The third kappa shape index (κ3) is 5.55. The third-order valence-corrected chi connectivity index (χ3v) is 11.1. The van der Waals surface area contributed by atoms with Crippen LogP contribution in [0.4, 0.5) is 0 Å². The van der Waals surface area contributed by atoms with Gasteiger partial charge in [0.25, 0.3) is 0 Å². The second kappa shape index (κ2) is 10.8. The number of rotatable bonds is 7. The van der Waals surface area contributed by atoms with Crippen LogP contribution in [-0.2, 0) is 24.5 Å². The van der Waals surface area contributed by atoms with Crippen molar-refractivity contribution in [3.8, 4) is 11.8 Å². The predicted molar refractivity (Wildman–Crippen MR) is 145 cm³/mol. The van der Waals surface area contributed by atoms with E-state index in [1.165, 1.54) is 0 Å². The summed E-state index contributed by atoms with van der Waals surface area (Å²) in [7, 11) is -2.50. The molecule has 1 aliphatic rings. The molecule has 4 nitrogen and oxygen atoms in total. The van der Waals surface area contributed by atoms with E-state index in [2.05, 4.69) is 52.6 Å². The molecule has 2 aromatic carbocycles. The zero-order chi connectivity index (χ0) is 25.7. The third-order valence-electron chi connectivity index (χ3n) is 6.68. The molecule has 3 rings (SSSR count). The van der Waals surface area contributed by atoms with Gasteiger partial charge in [-0.1, -0.05) is 101 Å². The zero-order valence-corrected chi connectivity index (χ0v) is 23.2. The molecule has 2 aromatic rings. The Labute approximate surface area is 211 Å². The van der Waals surface area contributed by atoms with Crippen LogP contribution in [0.25, 0.3) is 11.3 Å². The normalized spacial score (nSPS) is 17.7. The van der Waals surface area contributed by atoms with Gasteiger partial charge < -0.3 is 13.9 Å². The van der Waals surface area contributed by atoms with Gasteiger partial charge in [-0.3, -0.25) is 0 Å². The Morgan fingerprint density at radius 1 is 1.03 bits per heavy atom. The largest absolute Gasteiger partial charge is 0.461 e. The average molecular weight is 491 g/mol. The molecule has 0 N–H and O–H groups in total. The summed E-state index contributed by atoms with van der Waals surface area (Å²) in [6.45, 7) is 14.8. The summed E-state index contributed by atoms with van der Waals surface area (Å²) in [6, 6.07) is 17.6. The summed E-state index contributed by atoms with van der Waals surface area (Å²) in [5.41, 5.74) is 3.09. The molecule has 0 bridgehead atoms. The first-order valence-electron chi connectivity index (χ1n) is 12.5. The van der Waals surface area contributed by atoms with Crippen molar-refractivity contribution >= 4 is 25.6 Å². The zero-order valence-electron chi connectivity index (χ0n) is 22.2. The molecule has 0 aliphatic carbocycles. The smallest absolute Gasteiger partial charge is 0.384 e. The first-order valence-corrected chi connectivity index (χ1v) is 15.4. The molecule has 0 aromatic heterocycles. The Hall–Kier alpha value is -2.81. The number of fused-ring (bicyclic) bond motifs is 1. The Balaban J connectivity index is 2.32. The van der Waals surface area contributed by atoms with Crippen LogP contribution in [0.2, 0.25) is 18.1 Å². The van der Waals surface area contributed by atoms with Crippen molar-refractivity contribution < 1.29 is 18.7 Å². The number of hydrogen-bond donors (Lipinski definition) is 0. The Kier molecular flexibility index (Phi) is 8.30. The van der Waals surface area contributed by atoms with Gasteiger partial charge in [0.05, 0.1) is 12.2 Å². The van der Waals surface area contributed by atoms with Crippen molar-refractivity contribution in [3.05, 3.63) is 71.3 Å². The maximum Gasteiger partial charge on any atom is 0.384 e. The lowest BCUT2D eigenvalue weighted by atomic mass is 9.89. The first kappa shape index (κ1) is 26.8. The van der Waals surface area contributed by atoms with Crippen LogP contribution in [0.15, 0.2) is 54.6 Å². The van der Waals surface area contributed by atoms with Gasteiger partial charge >= 0.3 is 11.8 Å². The Morgan fingerprint density at radius 2 is 1.69 bits per heavy atom. The van der Waals surface area contributed by atoms with Gasteiger partial charge in [0.2, 0.25) is 0 Å². The summed E-state index contributed by atoms with van der Waals surface area (Å²) in [5, 5.41) is -0.151. The lowest BCUT2D eigenvalue weighted by Crippen LogP contribution is -2.54. The van der Waals surface area contributed by atoms with Crippen LogP contribution in [0, 0.1) is 11.8 Å². The molecule has 1 aliphatic heterocycles. The highest BCUT2D eigenvalue weighted by atomic mass is 28.4. The second-order valence-corrected chi connectivity index (χ2v) is 15.0. The SMILES string of the molecule is CCCCC#CC1=C(c2ccccc2)OC(O[Si](C)(C)C(C)(C)C)(C(=O)OCC)c2ccccc21. The van der Waals surface area contributed by atoms with E-state index >= 15 is 0 Å². The first-order chi connectivity index (χ1) is 16.6. The minimum absolute atomic E-state index is 0.151. The van der Waals surface area contributed by atoms with Crippen molar-refractivity contribution in [2.75, 3.05) is 6.61 Å². The molecular formula is C30H38O4Si. The molecule has 0 saturated heterocycles. The minimum atomic E-state index is -2.50. The molecule has 35 heavy (non-hydrogen) atoms.